The summed E-state index contributed by atoms with van der Waals surface area (Å²) in [5, 5.41) is 2.16. The average molecular weight is 264 g/mol. The molecule has 2 heteroatoms. The SMILES string of the molecule is CC(C)(CBr)c1ccc2cccnc2c1. The number of nitrogens with zero attached hydrogens (tertiary/aromatic N) is 1. The van der Waals surface area contributed by atoms with Crippen LogP contribution in [0.3, 0.4) is 0 Å². The van der Waals surface area contributed by atoms with Crippen LogP contribution in [0.15, 0.2) is 36.5 Å². The standard InChI is InChI=1S/C13H14BrN/c1-13(2,9-14)11-6-5-10-4-3-7-15-12(10)8-11/h3-8H,9H2,1-2H3. The van der Waals surface area contributed by atoms with Gasteiger partial charge in [0.25, 0.3) is 0 Å². The highest BCUT2D eigenvalue weighted by molar-refractivity contribution is 9.09. The summed E-state index contributed by atoms with van der Waals surface area (Å²) < 4.78 is 0. The molecular formula is C13H14BrN. The number of fused-ring (bicyclic) bond motifs is 1. The molecule has 0 radical (unpaired) electrons. The Bertz CT molecular complexity index is 477. The van der Waals surface area contributed by atoms with Crippen molar-refractivity contribution in [2.75, 3.05) is 5.33 Å². The summed E-state index contributed by atoms with van der Waals surface area (Å²) in [6, 6.07) is 10.6. The topological polar surface area (TPSA) is 12.9 Å². The van der Waals surface area contributed by atoms with Crippen LogP contribution in [0.25, 0.3) is 10.9 Å². The zero-order valence-corrected chi connectivity index (χ0v) is 10.6. The molecule has 78 valence electrons. The molecule has 0 bridgehead atoms. The number of benzene rings is 1. The van der Waals surface area contributed by atoms with Gasteiger partial charge in [0.15, 0.2) is 0 Å². The Morgan fingerprint density at radius 2 is 2.07 bits per heavy atom. The summed E-state index contributed by atoms with van der Waals surface area (Å²) in [6.45, 7) is 4.46. The molecule has 0 unspecified atom stereocenters. The van der Waals surface area contributed by atoms with Gasteiger partial charge in [-0.3, -0.25) is 4.98 Å². The minimum Gasteiger partial charge on any atom is -0.256 e. The number of pyridine rings is 1. The lowest BCUT2D eigenvalue weighted by atomic mass is 9.86. The average Bonchev–Trinajstić information content (AvgIpc) is 2.28. The van der Waals surface area contributed by atoms with Crippen LogP contribution in [0.2, 0.25) is 0 Å². The number of hydrogen-bond donors (Lipinski definition) is 0. The minimum absolute atomic E-state index is 0.158. The lowest BCUT2D eigenvalue weighted by Crippen LogP contribution is -2.18. The van der Waals surface area contributed by atoms with E-state index in [1.165, 1.54) is 10.9 Å². The summed E-state index contributed by atoms with van der Waals surface area (Å²) in [5.41, 5.74) is 2.56. The molecule has 0 aliphatic rings. The number of halogens is 1. The highest BCUT2D eigenvalue weighted by Gasteiger charge is 2.18. The number of aromatic nitrogens is 1. The quantitative estimate of drug-likeness (QED) is 0.749. The van der Waals surface area contributed by atoms with E-state index in [9.17, 15) is 0 Å². The first-order valence-electron chi connectivity index (χ1n) is 5.05. The van der Waals surface area contributed by atoms with Gasteiger partial charge in [0.05, 0.1) is 5.52 Å². The van der Waals surface area contributed by atoms with E-state index in [4.69, 9.17) is 0 Å². The summed E-state index contributed by atoms with van der Waals surface area (Å²) in [7, 11) is 0. The molecule has 2 rings (SSSR count). The molecule has 0 N–H and O–H groups in total. The highest BCUT2D eigenvalue weighted by Crippen LogP contribution is 2.27. The molecule has 0 aliphatic heterocycles. The first kappa shape index (κ1) is 10.6. The first-order valence-corrected chi connectivity index (χ1v) is 6.17. The molecule has 2 aromatic rings. The summed E-state index contributed by atoms with van der Waals surface area (Å²) in [4.78, 5) is 4.37. The number of rotatable bonds is 2. The molecule has 15 heavy (non-hydrogen) atoms. The van der Waals surface area contributed by atoms with Crippen LogP contribution in [-0.2, 0) is 5.41 Å². The van der Waals surface area contributed by atoms with E-state index >= 15 is 0 Å². The third-order valence-corrected chi connectivity index (χ3v) is 4.12. The molecule has 1 nitrogen and oxygen atoms in total. The van der Waals surface area contributed by atoms with Crippen LogP contribution in [-0.4, -0.2) is 10.3 Å². The van der Waals surface area contributed by atoms with E-state index in [1.807, 2.05) is 12.3 Å². The van der Waals surface area contributed by atoms with Gasteiger partial charge in [0.1, 0.15) is 0 Å². The molecule has 0 saturated carbocycles. The maximum atomic E-state index is 4.37. The van der Waals surface area contributed by atoms with Crippen LogP contribution in [0.5, 0.6) is 0 Å². The second-order valence-electron chi connectivity index (χ2n) is 4.43. The maximum absolute atomic E-state index is 4.37. The van der Waals surface area contributed by atoms with Crippen molar-refractivity contribution >= 4 is 26.8 Å². The van der Waals surface area contributed by atoms with E-state index in [1.54, 1.807) is 0 Å². The Labute approximate surface area is 98.7 Å². The molecule has 0 atom stereocenters. The Hall–Kier alpha value is -0.890. The van der Waals surface area contributed by atoms with Crippen molar-refractivity contribution in [2.24, 2.45) is 0 Å². The number of hydrogen-bond acceptors (Lipinski definition) is 1. The fourth-order valence-corrected chi connectivity index (χ4v) is 1.89. The fourth-order valence-electron chi connectivity index (χ4n) is 1.56. The predicted molar refractivity (Wildman–Crippen MR) is 68.6 cm³/mol. The van der Waals surface area contributed by atoms with Crippen LogP contribution >= 0.6 is 15.9 Å². The summed E-state index contributed by atoms with van der Waals surface area (Å²) in [6.07, 6.45) is 1.84. The van der Waals surface area contributed by atoms with Crippen molar-refractivity contribution in [1.29, 1.82) is 0 Å². The van der Waals surface area contributed by atoms with Gasteiger partial charge in [0, 0.05) is 16.9 Å². The number of alkyl halides is 1. The van der Waals surface area contributed by atoms with E-state index in [-0.39, 0.29) is 5.41 Å². The Kier molecular flexibility index (Phi) is 2.79. The van der Waals surface area contributed by atoms with Crippen molar-refractivity contribution in [3.63, 3.8) is 0 Å². The van der Waals surface area contributed by atoms with Crippen molar-refractivity contribution in [3.8, 4) is 0 Å². The van der Waals surface area contributed by atoms with Gasteiger partial charge in [0.2, 0.25) is 0 Å². The molecule has 0 aliphatic carbocycles. The Morgan fingerprint density at radius 3 is 2.80 bits per heavy atom. The largest absolute Gasteiger partial charge is 0.256 e. The second-order valence-corrected chi connectivity index (χ2v) is 4.99. The lowest BCUT2D eigenvalue weighted by molar-refractivity contribution is 0.607. The fraction of sp³-hybridized carbons (Fsp3) is 0.308. The smallest absolute Gasteiger partial charge is 0.0704 e. The monoisotopic (exact) mass is 263 g/mol. The van der Waals surface area contributed by atoms with Crippen molar-refractivity contribution in [1.82, 2.24) is 4.98 Å². The van der Waals surface area contributed by atoms with Gasteiger partial charge in [-0.15, -0.1) is 0 Å². The van der Waals surface area contributed by atoms with E-state index < -0.39 is 0 Å². The molecule has 0 amide bonds. The Morgan fingerprint density at radius 1 is 1.27 bits per heavy atom. The molecule has 1 aromatic heterocycles. The molecular weight excluding hydrogens is 250 g/mol. The predicted octanol–water partition coefficient (Wildman–Crippen LogP) is 3.91. The zero-order valence-electron chi connectivity index (χ0n) is 9.00. The molecule has 1 aromatic carbocycles. The van der Waals surface area contributed by atoms with E-state index in [2.05, 4.69) is 59.0 Å². The Balaban J connectivity index is 2.56. The van der Waals surface area contributed by atoms with Crippen LogP contribution < -0.4 is 0 Å². The third kappa shape index (κ3) is 2.05. The van der Waals surface area contributed by atoms with Gasteiger partial charge >= 0.3 is 0 Å². The van der Waals surface area contributed by atoms with Crippen molar-refractivity contribution in [3.05, 3.63) is 42.1 Å². The molecule has 0 fully saturated rings. The summed E-state index contributed by atoms with van der Waals surface area (Å²) in [5.74, 6) is 0. The van der Waals surface area contributed by atoms with Crippen molar-refractivity contribution < 1.29 is 0 Å². The van der Waals surface area contributed by atoms with E-state index in [0.29, 0.717) is 0 Å². The van der Waals surface area contributed by atoms with Gasteiger partial charge in [-0.05, 0) is 23.1 Å². The third-order valence-electron chi connectivity index (χ3n) is 2.72. The normalized spacial score (nSPS) is 11.9. The zero-order chi connectivity index (χ0) is 10.9. The van der Waals surface area contributed by atoms with Crippen LogP contribution in [0.4, 0.5) is 0 Å². The first-order chi connectivity index (χ1) is 7.13. The van der Waals surface area contributed by atoms with Gasteiger partial charge in [-0.25, -0.2) is 0 Å². The molecule has 1 heterocycles. The highest BCUT2D eigenvalue weighted by atomic mass is 79.9. The summed E-state index contributed by atoms with van der Waals surface area (Å²) >= 11 is 3.55. The van der Waals surface area contributed by atoms with Gasteiger partial charge in [-0.2, -0.15) is 0 Å². The molecule has 0 saturated heterocycles. The van der Waals surface area contributed by atoms with Crippen molar-refractivity contribution in [2.45, 2.75) is 19.3 Å². The van der Waals surface area contributed by atoms with Crippen LogP contribution in [0, 0.1) is 0 Å². The molecule has 0 spiro atoms. The van der Waals surface area contributed by atoms with E-state index in [0.717, 1.165) is 10.8 Å². The van der Waals surface area contributed by atoms with Gasteiger partial charge < -0.3 is 0 Å². The lowest BCUT2D eigenvalue weighted by Gasteiger charge is -2.22. The maximum Gasteiger partial charge on any atom is 0.0704 e. The van der Waals surface area contributed by atoms with Gasteiger partial charge in [-0.1, -0.05) is 48.0 Å². The minimum atomic E-state index is 0.158. The van der Waals surface area contributed by atoms with Crippen LogP contribution in [0.1, 0.15) is 19.4 Å². The second kappa shape index (κ2) is 3.93.